The van der Waals surface area contributed by atoms with Crippen LogP contribution >= 0.6 is 21.2 Å². The van der Waals surface area contributed by atoms with Crippen LogP contribution in [0.5, 0.6) is 5.75 Å². The number of amides is 2. The van der Waals surface area contributed by atoms with Crippen LogP contribution in [0.15, 0.2) is 89.3 Å². The lowest BCUT2D eigenvalue weighted by molar-refractivity contribution is 0.0929. The van der Waals surface area contributed by atoms with Crippen LogP contribution < -0.4 is 15.4 Å². The molecule has 1 aliphatic carbocycles. The van der Waals surface area contributed by atoms with Gasteiger partial charge in [-0.1, -0.05) is 30.3 Å². The Morgan fingerprint density at radius 1 is 0.929 bits per heavy atom. The molecule has 1 aliphatic rings. The number of rotatable bonds is 8. The molecule has 2 amide bonds. The van der Waals surface area contributed by atoms with Crippen molar-refractivity contribution in [3.05, 3.63) is 111 Å². The van der Waals surface area contributed by atoms with Crippen molar-refractivity contribution in [1.29, 1.82) is 0 Å². The fourth-order valence-corrected chi connectivity index (χ4v) is 6.35. The summed E-state index contributed by atoms with van der Waals surface area (Å²) < 4.78 is 38.5. The third kappa shape index (κ3) is 4.98. The maximum Gasteiger partial charge on any atom is 0.255 e. The highest BCUT2D eigenvalue weighted by atomic mass is 127. The van der Waals surface area contributed by atoms with E-state index in [1.165, 1.54) is 38.4 Å². The number of ether oxygens (including phenoxy) is 1. The molecule has 0 atom stereocenters. The van der Waals surface area contributed by atoms with E-state index >= 15 is 0 Å². The molecule has 5 aromatic rings. The maximum absolute atomic E-state index is 13.6. The molecule has 4 aromatic carbocycles. The van der Waals surface area contributed by atoms with E-state index in [1.807, 2.05) is 30.3 Å². The van der Waals surface area contributed by atoms with E-state index in [2.05, 4.69) is 10.6 Å². The van der Waals surface area contributed by atoms with Crippen molar-refractivity contribution in [2.75, 3.05) is 14.2 Å². The Hall–Kier alpha value is -4.38. The zero-order valence-corrected chi connectivity index (χ0v) is 25.0. The predicted octanol–water partition coefficient (Wildman–Crippen LogP) is 7.18. The number of carbonyl (C=O) groups excluding carboxylic acids is 2. The number of benzene rings is 4. The van der Waals surface area contributed by atoms with Gasteiger partial charge in [-0.25, -0.2) is 4.39 Å². The molecule has 9 heteroatoms. The zero-order valence-electron chi connectivity index (χ0n) is 22.8. The van der Waals surface area contributed by atoms with Crippen LogP contribution in [-0.4, -0.2) is 26.0 Å². The fraction of sp³-hybridized carbons (Fsp3) is 0.152. The molecule has 7 nitrogen and oxygen atoms in total. The molecule has 1 saturated carbocycles. The van der Waals surface area contributed by atoms with E-state index in [0.717, 1.165) is 18.4 Å². The van der Waals surface area contributed by atoms with Gasteiger partial charge in [0.05, 0.1) is 21.8 Å². The first-order valence-electron chi connectivity index (χ1n) is 13.3. The van der Waals surface area contributed by atoms with Crippen LogP contribution in [0, 0.1) is 9.39 Å². The van der Waals surface area contributed by atoms with Crippen molar-refractivity contribution in [1.82, 2.24) is 10.6 Å². The molecule has 0 spiro atoms. The SMILES string of the molecule is CNC(=O)c1c(-c2ccc(F)cc2)oc2cc(I=O)c(-c3cc(C(=O)NC4(c5ccccc5)CC4)ccc3OC)cc12. The number of hydrogen-bond donors (Lipinski definition) is 2. The summed E-state index contributed by atoms with van der Waals surface area (Å²) >= 11 is -1.70. The van der Waals surface area contributed by atoms with Crippen molar-refractivity contribution in [3.8, 4) is 28.2 Å². The third-order valence-electron chi connectivity index (χ3n) is 7.60. The minimum Gasteiger partial charge on any atom is -0.496 e. The summed E-state index contributed by atoms with van der Waals surface area (Å²) in [7, 11) is 3.04. The van der Waals surface area contributed by atoms with Gasteiger partial charge in [-0.3, -0.25) is 12.7 Å². The number of fused-ring (bicyclic) bond motifs is 1. The van der Waals surface area contributed by atoms with Gasteiger partial charge in [0, 0.05) is 34.7 Å². The van der Waals surface area contributed by atoms with Gasteiger partial charge < -0.3 is 19.8 Å². The molecule has 0 unspecified atom stereocenters. The standard InChI is InChI=1S/C33H26FIN2O5/c1-36-32(39)29-25-17-23(26(35-40)18-28(25)42-30(29)19-8-11-22(34)12-9-19)24-16-20(10-13-27(24)41-2)31(38)37-33(14-15-33)21-6-4-3-5-7-21/h3-13,16-18H,14-15H2,1-2H3,(H,36,39)(H,37,38). The van der Waals surface area contributed by atoms with E-state index in [9.17, 15) is 17.0 Å². The van der Waals surface area contributed by atoms with Gasteiger partial charge in [-0.05, 0) is 73.0 Å². The van der Waals surface area contributed by atoms with Gasteiger partial charge in [-0.15, -0.1) is 0 Å². The van der Waals surface area contributed by atoms with Gasteiger partial charge in [0.1, 0.15) is 22.9 Å². The van der Waals surface area contributed by atoms with E-state index in [4.69, 9.17) is 9.15 Å². The Balaban J connectivity index is 1.47. The molecule has 0 radical (unpaired) electrons. The Labute approximate surface area is 251 Å². The second kappa shape index (κ2) is 11.1. The highest BCUT2D eigenvalue weighted by molar-refractivity contribution is 14.1. The first-order chi connectivity index (χ1) is 20.4. The normalized spacial score (nSPS) is 13.5. The molecule has 1 aromatic heterocycles. The predicted molar refractivity (Wildman–Crippen MR) is 165 cm³/mol. The van der Waals surface area contributed by atoms with Gasteiger partial charge in [0.15, 0.2) is 21.2 Å². The quantitative estimate of drug-likeness (QED) is 0.170. The van der Waals surface area contributed by atoms with Crippen LogP contribution in [0.3, 0.4) is 0 Å². The number of carbonyl (C=O) groups is 2. The molecule has 1 fully saturated rings. The highest BCUT2D eigenvalue weighted by Crippen LogP contribution is 2.46. The minimum atomic E-state index is -1.70. The van der Waals surface area contributed by atoms with E-state index < -0.39 is 27.0 Å². The van der Waals surface area contributed by atoms with Gasteiger partial charge >= 0.3 is 0 Å². The molecule has 42 heavy (non-hydrogen) atoms. The first-order valence-corrected chi connectivity index (χ1v) is 15.3. The van der Waals surface area contributed by atoms with Crippen molar-refractivity contribution < 1.29 is 26.2 Å². The fourth-order valence-electron chi connectivity index (χ4n) is 5.26. The van der Waals surface area contributed by atoms with Crippen LogP contribution in [0.1, 0.15) is 39.1 Å². The summed E-state index contributed by atoms with van der Waals surface area (Å²) in [6.45, 7) is 0. The number of nitrogens with one attached hydrogen (secondary N) is 2. The smallest absolute Gasteiger partial charge is 0.255 e. The molecule has 0 bridgehead atoms. The summed E-state index contributed by atoms with van der Waals surface area (Å²) in [5.41, 5.74) is 3.39. The molecule has 1 heterocycles. The Morgan fingerprint density at radius 2 is 1.67 bits per heavy atom. The van der Waals surface area contributed by atoms with Crippen LogP contribution in [0.25, 0.3) is 33.4 Å². The van der Waals surface area contributed by atoms with Crippen LogP contribution in [0.2, 0.25) is 0 Å². The molecular weight excluding hydrogens is 650 g/mol. The molecular formula is C33H26FIN2O5. The van der Waals surface area contributed by atoms with Crippen LogP contribution in [-0.2, 0) is 8.61 Å². The maximum atomic E-state index is 13.6. The summed E-state index contributed by atoms with van der Waals surface area (Å²) in [6, 6.07) is 24.1. The van der Waals surface area contributed by atoms with Crippen molar-refractivity contribution >= 4 is 44.0 Å². The lowest BCUT2D eigenvalue weighted by Gasteiger charge is -2.19. The second-order valence-electron chi connectivity index (χ2n) is 10.1. The molecule has 212 valence electrons. The van der Waals surface area contributed by atoms with E-state index in [0.29, 0.717) is 42.5 Å². The number of furan rings is 1. The summed E-state index contributed by atoms with van der Waals surface area (Å²) in [5, 5.41) is 6.34. The summed E-state index contributed by atoms with van der Waals surface area (Å²) in [6.07, 6.45) is 1.71. The zero-order chi connectivity index (χ0) is 29.4. The van der Waals surface area contributed by atoms with Gasteiger partial charge in [0.2, 0.25) is 0 Å². The second-order valence-corrected chi connectivity index (χ2v) is 11.7. The number of halogens is 2. The lowest BCUT2D eigenvalue weighted by Crippen LogP contribution is -2.34. The van der Waals surface area contributed by atoms with Crippen molar-refractivity contribution in [2.24, 2.45) is 0 Å². The average Bonchev–Trinajstić information content (AvgIpc) is 3.72. The number of methoxy groups -OCH3 is 1. The van der Waals surface area contributed by atoms with Crippen LogP contribution in [0.4, 0.5) is 4.39 Å². The van der Waals surface area contributed by atoms with Crippen molar-refractivity contribution in [3.63, 3.8) is 0 Å². The Bertz CT molecular complexity index is 1850. The van der Waals surface area contributed by atoms with Gasteiger partial charge in [0.25, 0.3) is 11.8 Å². The Morgan fingerprint density at radius 3 is 2.31 bits per heavy atom. The van der Waals surface area contributed by atoms with Gasteiger partial charge in [-0.2, -0.15) is 0 Å². The Kier molecular flexibility index (Phi) is 7.36. The van der Waals surface area contributed by atoms with E-state index in [1.54, 1.807) is 30.3 Å². The lowest BCUT2D eigenvalue weighted by atomic mass is 9.97. The molecule has 6 rings (SSSR count). The average molecular weight is 676 g/mol. The van der Waals surface area contributed by atoms with E-state index in [-0.39, 0.29) is 28.7 Å². The summed E-state index contributed by atoms with van der Waals surface area (Å²) in [4.78, 5) is 26.6. The monoisotopic (exact) mass is 676 g/mol. The van der Waals surface area contributed by atoms with Crippen molar-refractivity contribution in [2.45, 2.75) is 18.4 Å². The number of hydrogen-bond acceptors (Lipinski definition) is 5. The minimum absolute atomic E-state index is 0.229. The third-order valence-corrected chi connectivity index (χ3v) is 8.97. The largest absolute Gasteiger partial charge is 0.496 e. The molecule has 0 aliphatic heterocycles. The highest BCUT2D eigenvalue weighted by Gasteiger charge is 2.45. The summed E-state index contributed by atoms with van der Waals surface area (Å²) in [5.74, 6) is -0.277. The topological polar surface area (TPSA) is 97.6 Å². The molecule has 0 saturated heterocycles. The first kappa shape index (κ1) is 27.8. The molecule has 2 N–H and O–H groups in total.